The van der Waals surface area contributed by atoms with Crippen LogP contribution in [-0.4, -0.2) is 23.4 Å². The number of carbonyl (C=O) groups is 4. The van der Waals surface area contributed by atoms with Gasteiger partial charge in [-0.15, -0.1) is 0 Å². The minimum atomic E-state index is -0.437. The summed E-state index contributed by atoms with van der Waals surface area (Å²) in [6.45, 7) is 0. The molecule has 0 aromatic heterocycles. The summed E-state index contributed by atoms with van der Waals surface area (Å²) in [7, 11) is 0. The topological polar surface area (TPSA) is 118 Å². The van der Waals surface area contributed by atoms with Gasteiger partial charge in [0.2, 0.25) is 0 Å². The Morgan fingerprint density at radius 1 is 0.543 bits per heavy atom. The van der Waals surface area contributed by atoms with E-state index in [-0.39, 0.29) is 33.6 Å². The van der Waals surface area contributed by atoms with Crippen molar-refractivity contribution in [1.29, 1.82) is 0 Å². The Balaban J connectivity index is 1.51. The molecule has 170 valence electrons. The molecule has 4 aromatic carbocycles. The highest BCUT2D eigenvalue weighted by Gasteiger charge is 2.34. The van der Waals surface area contributed by atoms with Crippen LogP contribution in [-0.2, 0) is 0 Å². The molecule has 0 unspecified atom stereocenters. The maximum Gasteiger partial charge on any atom is 0.255 e. The van der Waals surface area contributed by atoms with Crippen molar-refractivity contribution >= 4 is 40.4 Å². The molecule has 0 spiro atoms. The summed E-state index contributed by atoms with van der Waals surface area (Å²) < 4.78 is 0. The third-order valence-electron chi connectivity index (χ3n) is 5.78. The van der Waals surface area contributed by atoms with Crippen molar-refractivity contribution in [2.75, 3.05) is 16.4 Å². The Labute approximate surface area is 200 Å². The maximum atomic E-state index is 13.5. The first-order chi connectivity index (χ1) is 16.9. The lowest BCUT2D eigenvalue weighted by Crippen LogP contribution is -2.26. The number of nitrogen functional groups attached to an aromatic ring is 1. The highest BCUT2D eigenvalue weighted by atomic mass is 16.2. The maximum absolute atomic E-state index is 13.5. The van der Waals surface area contributed by atoms with Crippen LogP contribution in [0.5, 0.6) is 0 Å². The van der Waals surface area contributed by atoms with Crippen LogP contribution in [0.15, 0.2) is 91.0 Å². The van der Waals surface area contributed by atoms with E-state index in [0.717, 1.165) is 0 Å². The Morgan fingerprint density at radius 3 is 1.49 bits per heavy atom. The Morgan fingerprint density at radius 2 is 1.00 bits per heavy atom. The van der Waals surface area contributed by atoms with Crippen molar-refractivity contribution in [2.45, 2.75) is 0 Å². The van der Waals surface area contributed by atoms with E-state index in [0.29, 0.717) is 16.8 Å². The number of fused-ring (bicyclic) bond motifs is 2. The molecule has 0 aliphatic heterocycles. The van der Waals surface area contributed by atoms with E-state index in [9.17, 15) is 19.2 Å². The first kappa shape index (κ1) is 21.8. The van der Waals surface area contributed by atoms with Crippen LogP contribution in [0, 0.1) is 0 Å². The molecule has 0 saturated carbocycles. The molecule has 0 radical (unpaired) electrons. The normalized spacial score (nSPS) is 11.9. The van der Waals surface area contributed by atoms with Crippen LogP contribution in [0.25, 0.3) is 0 Å². The number of carbonyl (C=O) groups excluding carboxylic acids is 4. The van der Waals surface area contributed by atoms with Crippen molar-refractivity contribution in [2.24, 2.45) is 0 Å². The van der Waals surface area contributed by atoms with E-state index >= 15 is 0 Å². The third-order valence-corrected chi connectivity index (χ3v) is 5.78. The third kappa shape index (κ3) is 3.95. The molecule has 5 rings (SSSR count). The molecule has 4 N–H and O–H groups in total. The summed E-state index contributed by atoms with van der Waals surface area (Å²) >= 11 is 0. The molecular weight excluding hydrogens is 442 g/mol. The van der Waals surface area contributed by atoms with Gasteiger partial charge in [-0.25, -0.2) is 0 Å². The first-order valence-electron chi connectivity index (χ1n) is 10.8. The van der Waals surface area contributed by atoms with Gasteiger partial charge in [0, 0.05) is 27.9 Å². The first-order valence-corrected chi connectivity index (χ1v) is 10.8. The molecule has 0 fully saturated rings. The van der Waals surface area contributed by atoms with Gasteiger partial charge in [-0.2, -0.15) is 0 Å². The quantitative estimate of drug-likeness (QED) is 0.339. The van der Waals surface area contributed by atoms with E-state index in [1.165, 1.54) is 12.1 Å². The van der Waals surface area contributed by atoms with E-state index < -0.39 is 23.4 Å². The summed E-state index contributed by atoms with van der Waals surface area (Å²) in [6.07, 6.45) is 0. The molecular formula is C28H19N3O4. The molecule has 0 heterocycles. The van der Waals surface area contributed by atoms with Crippen LogP contribution >= 0.6 is 0 Å². The van der Waals surface area contributed by atoms with E-state index in [1.807, 2.05) is 0 Å². The van der Waals surface area contributed by atoms with Gasteiger partial charge in [-0.3, -0.25) is 19.2 Å². The van der Waals surface area contributed by atoms with Crippen LogP contribution in [0.4, 0.5) is 17.1 Å². The van der Waals surface area contributed by atoms with Crippen molar-refractivity contribution in [3.63, 3.8) is 0 Å². The molecule has 4 aromatic rings. The summed E-state index contributed by atoms with van der Waals surface area (Å²) in [6, 6.07) is 24.4. The molecule has 1 aliphatic rings. The minimum Gasteiger partial charge on any atom is -0.399 e. The van der Waals surface area contributed by atoms with E-state index in [4.69, 9.17) is 5.73 Å². The molecule has 0 atom stereocenters. The van der Waals surface area contributed by atoms with Gasteiger partial charge < -0.3 is 16.4 Å². The second-order valence-electron chi connectivity index (χ2n) is 8.01. The molecule has 7 nitrogen and oxygen atoms in total. The van der Waals surface area contributed by atoms with Crippen molar-refractivity contribution in [1.82, 2.24) is 0 Å². The van der Waals surface area contributed by atoms with E-state index in [1.54, 1.807) is 78.9 Å². The number of anilines is 3. The predicted octanol–water partition coefficient (Wildman–Crippen LogP) is 4.55. The summed E-state index contributed by atoms with van der Waals surface area (Å²) in [5.74, 6) is -1.66. The number of amides is 2. The molecule has 0 saturated heterocycles. The number of nitrogens with two attached hydrogens (primary N) is 1. The van der Waals surface area contributed by atoms with Crippen LogP contribution in [0.2, 0.25) is 0 Å². The second kappa shape index (κ2) is 8.72. The standard InChI is InChI=1S/C28H19N3O4/c29-18-14-12-17(13-15-18)28(35)31-22-11-5-9-20-24(22)26(33)19-8-4-10-21(23(19)25(20)32)30-27(34)16-6-2-1-3-7-16/h1-15H,29H2,(H,30,34)(H,31,35). The van der Waals surface area contributed by atoms with Gasteiger partial charge in [0.05, 0.1) is 22.5 Å². The number of ketones is 2. The summed E-state index contributed by atoms with van der Waals surface area (Å²) in [5.41, 5.74) is 8.00. The van der Waals surface area contributed by atoms with Gasteiger partial charge in [-0.1, -0.05) is 42.5 Å². The number of rotatable bonds is 4. The van der Waals surface area contributed by atoms with Crippen molar-refractivity contribution in [3.8, 4) is 0 Å². The monoisotopic (exact) mass is 461 g/mol. The highest BCUT2D eigenvalue weighted by molar-refractivity contribution is 6.32. The Kier molecular flexibility index (Phi) is 5.43. The zero-order valence-corrected chi connectivity index (χ0v) is 18.4. The fraction of sp³-hybridized carbons (Fsp3) is 0. The number of hydrogen-bond donors (Lipinski definition) is 3. The lowest BCUT2D eigenvalue weighted by atomic mass is 9.82. The van der Waals surface area contributed by atoms with Crippen molar-refractivity contribution in [3.05, 3.63) is 124 Å². The lowest BCUT2D eigenvalue weighted by Gasteiger charge is -2.22. The predicted molar refractivity (Wildman–Crippen MR) is 133 cm³/mol. The lowest BCUT2D eigenvalue weighted by molar-refractivity contribution is 0.0977. The SMILES string of the molecule is Nc1ccc(C(=O)Nc2cccc3c2C(=O)c2cccc(NC(=O)c4ccccc4)c2C3=O)cc1. The van der Waals surface area contributed by atoms with Crippen LogP contribution in [0.1, 0.15) is 52.6 Å². The Bertz CT molecular complexity index is 1510. The van der Waals surface area contributed by atoms with Crippen LogP contribution in [0.3, 0.4) is 0 Å². The molecule has 35 heavy (non-hydrogen) atoms. The molecule has 7 heteroatoms. The van der Waals surface area contributed by atoms with Gasteiger partial charge >= 0.3 is 0 Å². The fourth-order valence-electron chi connectivity index (χ4n) is 4.06. The summed E-state index contributed by atoms with van der Waals surface area (Å²) in [4.78, 5) is 52.5. The largest absolute Gasteiger partial charge is 0.399 e. The second-order valence-corrected chi connectivity index (χ2v) is 8.01. The zero-order chi connectivity index (χ0) is 24.5. The average molecular weight is 461 g/mol. The fourth-order valence-corrected chi connectivity index (χ4v) is 4.06. The Hall–Kier alpha value is -5.04. The van der Waals surface area contributed by atoms with Crippen molar-refractivity contribution < 1.29 is 19.2 Å². The van der Waals surface area contributed by atoms with E-state index in [2.05, 4.69) is 10.6 Å². The average Bonchev–Trinajstić information content (AvgIpc) is 2.88. The van der Waals surface area contributed by atoms with Gasteiger partial charge in [0.1, 0.15) is 0 Å². The molecule has 0 bridgehead atoms. The molecule has 1 aliphatic carbocycles. The number of nitrogens with one attached hydrogen (secondary N) is 2. The molecule has 2 amide bonds. The zero-order valence-electron chi connectivity index (χ0n) is 18.4. The smallest absolute Gasteiger partial charge is 0.255 e. The highest BCUT2D eigenvalue weighted by Crippen LogP contribution is 2.35. The number of benzene rings is 4. The number of hydrogen-bond acceptors (Lipinski definition) is 5. The van der Waals surface area contributed by atoms with Gasteiger partial charge in [-0.05, 0) is 48.5 Å². The van der Waals surface area contributed by atoms with Gasteiger partial charge in [0.15, 0.2) is 11.6 Å². The van der Waals surface area contributed by atoms with Gasteiger partial charge in [0.25, 0.3) is 11.8 Å². The minimum absolute atomic E-state index is 0.111. The van der Waals surface area contributed by atoms with Crippen LogP contribution < -0.4 is 16.4 Å². The summed E-state index contributed by atoms with van der Waals surface area (Å²) in [5, 5.41) is 5.48.